The van der Waals surface area contributed by atoms with Crippen LogP contribution in [0.5, 0.6) is 0 Å². The lowest BCUT2D eigenvalue weighted by molar-refractivity contribution is 0.525. The van der Waals surface area contributed by atoms with Crippen LogP contribution in [-0.4, -0.2) is 11.0 Å². The molecule has 0 unspecified atom stereocenters. The number of aryl methyl sites for hydroxylation is 2. The third-order valence-corrected chi connectivity index (χ3v) is 4.69. The maximum absolute atomic E-state index is 4.74. The topological polar surface area (TPSA) is 24.9 Å². The van der Waals surface area contributed by atoms with E-state index in [0.29, 0.717) is 0 Å². The van der Waals surface area contributed by atoms with Crippen molar-refractivity contribution in [3.63, 3.8) is 0 Å². The van der Waals surface area contributed by atoms with Gasteiger partial charge in [-0.05, 0) is 32.1 Å². The number of nitrogens with one attached hydrogen (secondary N) is 1. The second-order valence-corrected chi connectivity index (χ2v) is 6.11. The molecular weight excluding hydrogens is 228 g/mol. The van der Waals surface area contributed by atoms with Gasteiger partial charge in [-0.1, -0.05) is 26.7 Å². The van der Waals surface area contributed by atoms with E-state index >= 15 is 0 Å². The minimum absolute atomic E-state index is 0.761. The Kier molecular flexibility index (Phi) is 4.99. The van der Waals surface area contributed by atoms with Gasteiger partial charge in [-0.25, -0.2) is 4.98 Å². The fourth-order valence-corrected chi connectivity index (χ4v) is 3.75. The van der Waals surface area contributed by atoms with E-state index in [4.69, 9.17) is 4.98 Å². The highest BCUT2D eigenvalue weighted by molar-refractivity contribution is 7.11. The molecule has 1 N–H and O–H groups in total. The lowest BCUT2D eigenvalue weighted by atomic mass is 10.2. The SMILES string of the molecule is CCCc1nc(CC)c(CNC2CCCC2)s1. The van der Waals surface area contributed by atoms with Gasteiger partial charge < -0.3 is 5.32 Å². The van der Waals surface area contributed by atoms with Gasteiger partial charge in [0.2, 0.25) is 0 Å². The molecular formula is C14H24N2S. The van der Waals surface area contributed by atoms with Crippen LogP contribution in [0.4, 0.5) is 0 Å². The van der Waals surface area contributed by atoms with Crippen LogP contribution < -0.4 is 5.32 Å². The first-order chi connectivity index (χ1) is 8.33. The first-order valence-electron chi connectivity index (χ1n) is 7.04. The van der Waals surface area contributed by atoms with Gasteiger partial charge in [0.05, 0.1) is 10.7 Å². The van der Waals surface area contributed by atoms with Gasteiger partial charge in [-0.3, -0.25) is 0 Å². The molecule has 0 radical (unpaired) electrons. The molecule has 96 valence electrons. The minimum atomic E-state index is 0.761. The second kappa shape index (κ2) is 6.50. The number of hydrogen-bond acceptors (Lipinski definition) is 3. The molecule has 1 aliphatic rings. The molecule has 1 fully saturated rings. The third kappa shape index (κ3) is 3.52. The summed E-state index contributed by atoms with van der Waals surface area (Å²) in [5, 5.41) is 5.02. The normalized spacial score (nSPS) is 16.8. The van der Waals surface area contributed by atoms with Gasteiger partial charge in [-0.2, -0.15) is 0 Å². The first kappa shape index (κ1) is 13.0. The van der Waals surface area contributed by atoms with Crippen molar-refractivity contribution in [2.45, 2.75) is 71.4 Å². The van der Waals surface area contributed by atoms with E-state index in [1.54, 1.807) is 0 Å². The molecule has 3 heteroatoms. The molecule has 1 aromatic heterocycles. The van der Waals surface area contributed by atoms with Crippen molar-refractivity contribution in [3.05, 3.63) is 15.6 Å². The third-order valence-electron chi connectivity index (χ3n) is 3.53. The van der Waals surface area contributed by atoms with Gasteiger partial charge >= 0.3 is 0 Å². The Morgan fingerprint density at radius 1 is 1.29 bits per heavy atom. The number of hydrogen-bond donors (Lipinski definition) is 1. The molecule has 0 amide bonds. The molecule has 0 atom stereocenters. The van der Waals surface area contributed by atoms with Crippen molar-refractivity contribution in [2.75, 3.05) is 0 Å². The van der Waals surface area contributed by atoms with E-state index < -0.39 is 0 Å². The fraction of sp³-hybridized carbons (Fsp3) is 0.786. The average molecular weight is 252 g/mol. The zero-order valence-electron chi connectivity index (χ0n) is 11.1. The molecule has 2 nitrogen and oxygen atoms in total. The van der Waals surface area contributed by atoms with Crippen LogP contribution in [0.3, 0.4) is 0 Å². The lowest BCUT2D eigenvalue weighted by Gasteiger charge is -2.10. The Morgan fingerprint density at radius 2 is 2.06 bits per heavy atom. The monoisotopic (exact) mass is 252 g/mol. The average Bonchev–Trinajstić information content (AvgIpc) is 2.95. The summed E-state index contributed by atoms with van der Waals surface area (Å²) < 4.78 is 0. The highest BCUT2D eigenvalue weighted by atomic mass is 32.1. The summed E-state index contributed by atoms with van der Waals surface area (Å²) in [4.78, 5) is 6.22. The van der Waals surface area contributed by atoms with Crippen LogP contribution >= 0.6 is 11.3 Å². The van der Waals surface area contributed by atoms with Crippen LogP contribution in [0.25, 0.3) is 0 Å². The van der Waals surface area contributed by atoms with Crippen molar-refractivity contribution in [2.24, 2.45) is 0 Å². The van der Waals surface area contributed by atoms with Crippen LogP contribution in [0.15, 0.2) is 0 Å². The second-order valence-electron chi connectivity index (χ2n) is 4.94. The predicted octanol–water partition coefficient (Wildman–Crippen LogP) is 3.69. The molecule has 2 rings (SSSR count). The Morgan fingerprint density at radius 3 is 2.71 bits per heavy atom. The molecule has 1 heterocycles. The van der Waals surface area contributed by atoms with Crippen molar-refractivity contribution in [3.8, 4) is 0 Å². The van der Waals surface area contributed by atoms with Gasteiger partial charge in [-0.15, -0.1) is 11.3 Å². The smallest absolute Gasteiger partial charge is 0.0931 e. The summed E-state index contributed by atoms with van der Waals surface area (Å²) in [5.74, 6) is 0. The summed E-state index contributed by atoms with van der Waals surface area (Å²) >= 11 is 1.92. The predicted molar refractivity (Wildman–Crippen MR) is 74.6 cm³/mol. The first-order valence-corrected chi connectivity index (χ1v) is 7.86. The van der Waals surface area contributed by atoms with E-state index in [9.17, 15) is 0 Å². The van der Waals surface area contributed by atoms with Crippen molar-refractivity contribution in [1.29, 1.82) is 0 Å². The van der Waals surface area contributed by atoms with E-state index in [-0.39, 0.29) is 0 Å². The zero-order chi connectivity index (χ0) is 12.1. The van der Waals surface area contributed by atoms with E-state index in [0.717, 1.165) is 25.4 Å². The van der Waals surface area contributed by atoms with Crippen molar-refractivity contribution < 1.29 is 0 Å². The summed E-state index contributed by atoms with van der Waals surface area (Å²) in [6, 6.07) is 0.761. The molecule has 0 spiro atoms. The summed E-state index contributed by atoms with van der Waals surface area (Å²) in [6.45, 7) is 5.47. The quantitative estimate of drug-likeness (QED) is 0.835. The van der Waals surface area contributed by atoms with E-state index in [1.165, 1.54) is 47.7 Å². The number of aromatic nitrogens is 1. The van der Waals surface area contributed by atoms with Gasteiger partial charge in [0.25, 0.3) is 0 Å². The van der Waals surface area contributed by atoms with Crippen LogP contribution in [0, 0.1) is 0 Å². The standard InChI is InChI=1S/C14H24N2S/c1-3-7-14-16-12(4-2)13(17-14)10-15-11-8-5-6-9-11/h11,15H,3-10H2,1-2H3. The maximum Gasteiger partial charge on any atom is 0.0931 e. The van der Waals surface area contributed by atoms with Gasteiger partial charge in [0.1, 0.15) is 0 Å². The largest absolute Gasteiger partial charge is 0.309 e. The number of nitrogens with zero attached hydrogens (tertiary/aromatic N) is 1. The molecule has 0 aliphatic heterocycles. The van der Waals surface area contributed by atoms with Crippen LogP contribution in [-0.2, 0) is 19.4 Å². The zero-order valence-corrected chi connectivity index (χ0v) is 11.9. The molecule has 1 aromatic rings. The highest BCUT2D eigenvalue weighted by Gasteiger charge is 2.16. The maximum atomic E-state index is 4.74. The molecule has 1 aliphatic carbocycles. The van der Waals surface area contributed by atoms with E-state index in [1.807, 2.05) is 11.3 Å². The summed E-state index contributed by atoms with van der Waals surface area (Å²) in [6.07, 6.45) is 8.95. The number of rotatable bonds is 6. The van der Waals surface area contributed by atoms with Crippen molar-refractivity contribution >= 4 is 11.3 Å². The molecule has 17 heavy (non-hydrogen) atoms. The molecule has 0 saturated heterocycles. The fourth-order valence-electron chi connectivity index (χ4n) is 2.54. The van der Waals surface area contributed by atoms with Crippen molar-refractivity contribution in [1.82, 2.24) is 10.3 Å². The lowest BCUT2D eigenvalue weighted by Crippen LogP contribution is -2.25. The number of thiazole rings is 1. The van der Waals surface area contributed by atoms with Gasteiger partial charge in [0, 0.05) is 17.5 Å². The van der Waals surface area contributed by atoms with Crippen LogP contribution in [0.2, 0.25) is 0 Å². The molecule has 0 bridgehead atoms. The molecule has 0 aromatic carbocycles. The minimum Gasteiger partial charge on any atom is -0.309 e. The Bertz CT molecular complexity index is 340. The Hall–Kier alpha value is -0.410. The van der Waals surface area contributed by atoms with Crippen LogP contribution in [0.1, 0.15) is 61.5 Å². The summed E-state index contributed by atoms with van der Waals surface area (Å²) in [7, 11) is 0. The van der Waals surface area contributed by atoms with Gasteiger partial charge in [0.15, 0.2) is 0 Å². The highest BCUT2D eigenvalue weighted by Crippen LogP contribution is 2.22. The van der Waals surface area contributed by atoms with E-state index in [2.05, 4.69) is 19.2 Å². The Balaban J connectivity index is 1.93. The summed E-state index contributed by atoms with van der Waals surface area (Å²) in [5.41, 5.74) is 1.32. The Labute approximate surface area is 109 Å². The molecule has 1 saturated carbocycles.